The molecule has 3 heteroatoms. The van der Waals surface area contributed by atoms with E-state index in [1.165, 1.54) is 0 Å². The molecule has 0 radical (unpaired) electrons. The topological polar surface area (TPSA) is 38.9 Å². The smallest absolute Gasteiger partial charge is 0.129 e. The summed E-state index contributed by atoms with van der Waals surface area (Å²) in [6.07, 6.45) is 1.66. The number of aryl methyl sites for hydroxylation is 1. The van der Waals surface area contributed by atoms with Gasteiger partial charge in [-0.15, -0.1) is 5.54 Å². The normalized spacial score (nSPS) is 10.6. The summed E-state index contributed by atoms with van der Waals surface area (Å²) < 4.78 is 0. The fourth-order valence-corrected chi connectivity index (χ4v) is 1.44. The predicted molar refractivity (Wildman–Crippen MR) is 63.6 cm³/mol. The van der Waals surface area contributed by atoms with Gasteiger partial charge in [0, 0.05) is 5.56 Å². The second-order valence-electron chi connectivity index (χ2n) is 4.40. The summed E-state index contributed by atoms with van der Waals surface area (Å²) in [5.41, 5.74) is 11.5. The Morgan fingerprint density at radius 3 is 2.57 bits per heavy atom. The van der Waals surface area contributed by atoms with E-state index in [0.29, 0.717) is 5.69 Å². The van der Waals surface area contributed by atoms with Gasteiger partial charge in [-0.2, -0.15) is 0 Å². The monoisotopic (exact) mass is 204 g/mol. The molecule has 1 rings (SSSR count). The molecule has 2 nitrogen and oxygen atoms in total. The first-order valence-corrected chi connectivity index (χ1v) is 8.14. The molecular formula is C11H16N2Si. The maximum absolute atomic E-state index is 5.65. The van der Waals surface area contributed by atoms with Crippen LogP contribution in [-0.4, -0.2) is 13.1 Å². The number of pyridine rings is 1. The van der Waals surface area contributed by atoms with Crippen LogP contribution < -0.4 is 5.73 Å². The van der Waals surface area contributed by atoms with Gasteiger partial charge in [0.25, 0.3) is 0 Å². The minimum absolute atomic E-state index is 0.676. The molecule has 1 aromatic heterocycles. The van der Waals surface area contributed by atoms with Crippen LogP contribution in [0, 0.1) is 18.4 Å². The molecule has 0 aliphatic rings. The molecule has 0 fully saturated rings. The van der Waals surface area contributed by atoms with Gasteiger partial charge in [-0.3, -0.25) is 4.98 Å². The summed E-state index contributed by atoms with van der Waals surface area (Å²) in [6.45, 7) is 8.60. The van der Waals surface area contributed by atoms with E-state index in [0.717, 1.165) is 11.3 Å². The van der Waals surface area contributed by atoms with Gasteiger partial charge in [0.15, 0.2) is 0 Å². The fourth-order valence-electron chi connectivity index (χ4n) is 0.931. The molecule has 0 aromatic carbocycles. The maximum Gasteiger partial charge on any atom is 0.129 e. The number of aromatic nitrogens is 1. The molecule has 14 heavy (non-hydrogen) atoms. The van der Waals surface area contributed by atoms with Crippen LogP contribution in [0.1, 0.15) is 11.3 Å². The van der Waals surface area contributed by atoms with Gasteiger partial charge in [0.1, 0.15) is 8.07 Å². The average Bonchev–Trinajstić information content (AvgIpc) is 2.05. The van der Waals surface area contributed by atoms with Crippen molar-refractivity contribution in [2.75, 3.05) is 5.73 Å². The van der Waals surface area contributed by atoms with E-state index >= 15 is 0 Å². The van der Waals surface area contributed by atoms with Crippen molar-refractivity contribution in [2.45, 2.75) is 26.6 Å². The lowest BCUT2D eigenvalue weighted by atomic mass is 10.2. The van der Waals surface area contributed by atoms with E-state index in [-0.39, 0.29) is 0 Å². The molecule has 2 N–H and O–H groups in total. The quantitative estimate of drug-likeness (QED) is 0.520. The zero-order chi connectivity index (χ0) is 10.8. The first kappa shape index (κ1) is 10.8. The third-order valence-corrected chi connectivity index (χ3v) is 2.56. The lowest BCUT2D eigenvalue weighted by Gasteiger charge is -2.04. The van der Waals surface area contributed by atoms with Crippen LogP contribution in [0.4, 0.5) is 5.69 Å². The average molecular weight is 204 g/mol. The van der Waals surface area contributed by atoms with E-state index in [1.54, 1.807) is 6.20 Å². The second-order valence-corrected chi connectivity index (χ2v) is 9.15. The van der Waals surface area contributed by atoms with E-state index < -0.39 is 8.07 Å². The summed E-state index contributed by atoms with van der Waals surface area (Å²) in [6, 6.07) is 1.88. The predicted octanol–water partition coefficient (Wildman–Crippen LogP) is 2.20. The Bertz CT molecular complexity index is 394. The van der Waals surface area contributed by atoms with Crippen molar-refractivity contribution >= 4 is 13.8 Å². The van der Waals surface area contributed by atoms with Crippen LogP contribution in [0.2, 0.25) is 19.6 Å². The summed E-state index contributed by atoms with van der Waals surface area (Å²) >= 11 is 0. The third-order valence-electron chi connectivity index (χ3n) is 1.68. The molecule has 74 valence electrons. The number of hydrogen-bond acceptors (Lipinski definition) is 2. The molecule has 1 aromatic rings. The molecule has 1 heterocycles. The van der Waals surface area contributed by atoms with E-state index in [4.69, 9.17) is 5.73 Å². The van der Waals surface area contributed by atoms with Crippen molar-refractivity contribution in [3.05, 3.63) is 23.5 Å². The Labute approximate surface area is 86.6 Å². The van der Waals surface area contributed by atoms with Crippen molar-refractivity contribution in [1.29, 1.82) is 0 Å². The van der Waals surface area contributed by atoms with Crippen molar-refractivity contribution < 1.29 is 0 Å². The molecule has 0 unspecified atom stereocenters. The Morgan fingerprint density at radius 1 is 1.36 bits per heavy atom. The van der Waals surface area contributed by atoms with Crippen LogP contribution in [-0.2, 0) is 0 Å². The summed E-state index contributed by atoms with van der Waals surface area (Å²) in [4.78, 5) is 4.17. The Morgan fingerprint density at radius 2 is 2.00 bits per heavy atom. The van der Waals surface area contributed by atoms with Gasteiger partial charge in [-0.25, -0.2) is 0 Å². The van der Waals surface area contributed by atoms with Gasteiger partial charge < -0.3 is 5.73 Å². The SMILES string of the molecule is Cc1ncc(N)cc1C#C[Si](C)(C)C. The highest BCUT2D eigenvalue weighted by Crippen LogP contribution is 2.08. The number of nitrogen functional groups attached to an aromatic ring is 1. The lowest BCUT2D eigenvalue weighted by Crippen LogP contribution is -2.16. The highest BCUT2D eigenvalue weighted by Gasteiger charge is 2.07. The number of rotatable bonds is 0. The zero-order valence-electron chi connectivity index (χ0n) is 9.18. The number of anilines is 1. The molecule has 0 spiro atoms. The molecule has 0 saturated heterocycles. The summed E-state index contributed by atoms with van der Waals surface area (Å²) in [5, 5.41) is 0. The van der Waals surface area contributed by atoms with Gasteiger partial charge in [0.05, 0.1) is 17.6 Å². The first-order valence-electron chi connectivity index (χ1n) is 4.64. The van der Waals surface area contributed by atoms with Gasteiger partial charge in [-0.1, -0.05) is 25.6 Å². The molecule has 0 amide bonds. The third kappa shape index (κ3) is 3.23. The molecule has 0 aliphatic heterocycles. The maximum atomic E-state index is 5.65. The van der Waals surface area contributed by atoms with Gasteiger partial charge >= 0.3 is 0 Å². The molecule has 0 aliphatic carbocycles. The van der Waals surface area contributed by atoms with Crippen LogP contribution >= 0.6 is 0 Å². The number of nitrogens with two attached hydrogens (primary N) is 1. The molecular weight excluding hydrogens is 188 g/mol. The van der Waals surface area contributed by atoms with Crippen molar-refractivity contribution in [3.8, 4) is 11.5 Å². The molecule has 0 saturated carbocycles. The van der Waals surface area contributed by atoms with Crippen molar-refractivity contribution in [3.63, 3.8) is 0 Å². The Hall–Kier alpha value is -1.27. The fraction of sp³-hybridized carbons (Fsp3) is 0.364. The first-order chi connectivity index (χ1) is 6.38. The minimum Gasteiger partial charge on any atom is -0.397 e. The van der Waals surface area contributed by atoms with Gasteiger partial charge in [-0.05, 0) is 13.0 Å². The van der Waals surface area contributed by atoms with Crippen LogP contribution in [0.3, 0.4) is 0 Å². The van der Waals surface area contributed by atoms with E-state index in [9.17, 15) is 0 Å². The van der Waals surface area contributed by atoms with Crippen LogP contribution in [0.25, 0.3) is 0 Å². The lowest BCUT2D eigenvalue weighted by molar-refractivity contribution is 1.19. The molecule has 0 bridgehead atoms. The Kier molecular flexibility index (Phi) is 2.97. The molecule has 0 atom stereocenters. The van der Waals surface area contributed by atoms with Crippen LogP contribution in [0.15, 0.2) is 12.3 Å². The van der Waals surface area contributed by atoms with Gasteiger partial charge in [0.2, 0.25) is 0 Å². The highest BCUT2D eigenvalue weighted by atomic mass is 28.3. The standard InChI is InChI=1S/C11H16N2Si/c1-9-10(5-6-14(2,3)4)7-11(12)8-13-9/h7-8H,12H2,1-4H3. The zero-order valence-corrected chi connectivity index (χ0v) is 10.2. The Balaban J connectivity index is 3.06. The van der Waals surface area contributed by atoms with E-state index in [2.05, 4.69) is 36.1 Å². The number of nitrogens with zero attached hydrogens (tertiary/aromatic N) is 1. The second kappa shape index (κ2) is 3.85. The summed E-state index contributed by atoms with van der Waals surface area (Å²) in [5.74, 6) is 3.16. The van der Waals surface area contributed by atoms with E-state index in [1.807, 2.05) is 13.0 Å². The largest absolute Gasteiger partial charge is 0.397 e. The minimum atomic E-state index is -1.31. The highest BCUT2D eigenvalue weighted by molar-refractivity contribution is 6.83. The van der Waals surface area contributed by atoms with Crippen molar-refractivity contribution in [2.24, 2.45) is 0 Å². The van der Waals surface area contributed by atoms with Crippen molar-refractivity contribution in [1.82, 2.24) is 4.98 Å². The summed E-state index contributed by atoms with van der Waals surface area (Å²) in [7, 11) is -1.31. The number of hydrogen-bond donors (Lipinski definition) is 1. The van der Waals surface area contributed by atoms with Crippen LogP contribution in [0.5, 0.6) is 0 Å².